The molecule has 0 radical (unpaired) electrons. The molecule has 4 heteroatoms. The van der Waals surface area contributed by atoms with Crippen LogP contribution in [0.15, 0.2) is 48.5 Å². The van der Waals surface area contributed by atoms with Gasteiger partial charge in [0.05, 0.1) is 6.61 Å². The Balaban J connectivity index is 1.47. The Kier molecular flexibility index (Phi) is 5.04. The van der Waals surface area contributed by atoms with Crippen molar-refractivity contribution in [3.63, 3.8) is 0 Å². The lowest BCUT2D eigenvalue weighted by molar-refractivity contribution is 0.236. The van der Waals surface area contributed by atoms with Gasteiger partial charge in [0.15, 0.2) is 0 Å². The van der Waals surface area contributed by atoms with Crippen molar-refractivity contribution in [1.82, 2.24) is 10.6 Å². The highest BCUT2D eigenvalue weighted by molar-refractivity contribution is 5.74. The Morgan fingerprint density at radius 2 is 1.96 bits per heavy atom. The van der Waals surface area contributed by atoms with Gasteiger partial charge in [0.2, 0.25) is 0 Å². The predicted octanol–water partition coefficient (Wildman–Crippen LogP) is 3.40. The minimum Gasteiger partial charge on any atom is -0.493 e. The second-order valence-electron chi connectivity index (χ2n) is 6.43. The first-order chi connectivity index (χ1) is 11.6. The average Bonchev–Trinajstić information content (AvgIpc) is 2.98. The van der Waals surface area contributed by atoms with E-state index in [4.69, 9.17) is 4.74 Å². The summed E-state index contributed by atoms with van der Waals surface area (Å²) < 4.78 is 5.64. The van der Waals surface area contributed by atoms with Crippen LogP contribution in [0.4, 0.5) is 4.79 Å². The molecule has 1 aliphatic rings. The molecule has 2 unspecified atom stereocenters. The van der Waals surface area contributed by atoms with Crippen molar-refractivity contribution in [3.05, 3.63) is 65.2 Å². The summed E-state index contributed by atoms with van der Waals surface area (Å²) >= 11 is 0. The summed E-state index contributed by atoms with van der Waals surface area (Å²) in [5.41, 5.74) is 3.69. The highest BCUT2D eigenvalue weighted by atomic mass is 16.5. The molecular weight excluding hydrogens is 300 g/mol. The number of ether oxygens (including phenoxy) is 1. The van der Waals surface area contributed by atoms with Crippen LogP contribution in [-0.2, 0) is 6.42 Å². The molecule has 0 saturated heterocycles. The lowest BCUT2D eigenvalue weighted by Gasteiger charge is -2.17. The van der Waals surface area contributed by atoms with E-state index in [2.05, 4.69) is 35.8 Å². The molecule has 0 aromatic heterocycles. The van der Waals surface area contributed by atoms with Crippen LogP contribution in [0.3, 0.4) is 0 Å². The molecule has 24 heavy (non-hydrogen) atoms. The van der Waals surface area contributed by atoms with E-state index in [-0.39, 0.29) is 18.0 Å². The van der Waals surface area contributed by atoms with Crippen LogP contribution in [0.2, 0.25) is 0 Å². The Morgan fingerprint density at radius 3 is 2.79 bits per heavy atom. The van der Waals surface area contributed by atoms with Gasteiger partial charge in [-0.15, -0.1) is 0 Å². The summed E-state index contributed by atoms with van der Waals surface area (Å²) in [6.45, 7) is 5.33. The molecular formula is C20H24N2O2. The first kappa shape index (κ1) is 16.4. The Morgan fingerprint density at radius 1 is 1.21 bits per heavy atom. The van der Waals surface area contributed by atoms with Crippen LogP contribution in [0, 0.1) is 6.92 Å². The first-order valence-corrected chi connectivity index (χ1v) is 8.44. The van der Waals surface area contributed by atoms with Crippen molar-refractivity contribution in [2.45, 2.75) is 32.2 Å². The molecule has 0 aliphatic carbocycles. The molecule has 0 saturated carbocycles. The number of para-hydroxylation sites is 1. The lowest BCUT2D eigenvalue weighted by atomic mass is 10.0. The Bertz CT molecular complexity index is 714. The number of hydrogen-bond donors (Lipinski definition) is 2. The third kappa shape index (κ3) is 3.88. The van der Waals surface area contributed by atoms with Crippen LogP contribution < -0.4 is 15.4 Å². The van der Waals surface area contributed by atoms with Crippen LogP contribution in [0.25, 0.3) is 0 Å². The third-order valence-corrected chi connectivity index (χ3v) is 4.47. The highest BCUT2D eigenvalue weighted by Gasteiger charge is 2.24. The number of benzene rings is 2. The van der Waals surface area contributed by atoms with Crippen molar-refractivity contribution >= 4 is 6.03 Å². The molecule has 0 bridgehead atoms. The number of nitrogens with one attached hydrogen (secondary N) is 2. The Hall–Kier alpha value is -2.49. The van der Waals surface area contributed by atoms with Gasteiger partial charge in [0.1, 0.15) is 5.75 Å². The number of urea groups is 1. The maximum Gasteiger partial charge on any atom is 0.315 e. The normalized spacial score (nSPS) is 16.8. The largest absolute Gasteiger partial charge is 0.493 e. The summed E-state index contributed by atoms with van der Waals surface area (Å²) in [7, 11) is 0. The van der Waals surface area contributed by atoms with Crippen molar-refractivity contribution in [2.24, 2.45) is 0 Å². The van der Waals surface area contributed by atoms with Crippen LogP contribution in [-0.4, -0.2) is 25.2 Å². The van der Waals surface area contributed by atoms with Gasteiger partial charge in [0.25, 0.3) is 0 Å². The van der Waals surface area contributed by atoms with E-state index >= 15 is 0 Å². The number of amides is 2. The number of carbonyl (C=O) groups excluding carboxylic acids is 1. The molecule has 2 amide bonds. The molecule has 2 N–H and O–H groups in total. The van der Waals surface area contributed by atoms with Gasteiger partial charge in [-0.3, -0.25) is 0 Å². The molecule has 2 atom stereocenters. The first-order valence-electron chi connectivity index (χ1n) is 8.44. The van der Waals surface area contributed by atoms with Gasteiger partial charge in [-0.2, -0.15) is 0 Å². The van der Waals surface area contributed by atoms with Crippen molar-refractivity contribution in [3.8, 4) is 5.75 Å². The molecule has 1 aliphatic heterocycles. The molecule has 0 fully saturated rings. The molecule has 126 valence electrons. The van der Waals surface area contributed by atoms with E-state index in [0.717, 1.165) is 12.2 Å². The van der Waals surface area contributed by atoms with Gasteiger partial charge in [-0.05, 0) is 37.5 Å². The van der Waals surface area contributed by atoms with Crippen LogP contribution in [0.5, 0.6) is 5.75 Å². The smallest absolute Gasteiger partial charge is 0.315 e. The number of fused-ring (bicyclic) bond motifs is 1. The van der Waals surface area contributed by atoms with E-state index in [1.807, 2.05) is 37.3 Å². The second kappa shape index (κ2) is 7.39. The number of hydrogen-bond acceptors (Lipinski definition) is 2. The van der Waals surface area contributed by atoms with Crippen molar-refractivity contribution in [1.29, 1.82) is 0 Å². The third-order valence-electron chi connectivity index (χ3n) is 4.47. The number of aryl methyl sites for hydroxylation is 1. The minimum absolute atomic E-state index is 0.0817. The fourth-order valence-corrected chi connectivity index (χ4v) is 3.11. The zero-order chi connectivity index (χ0) is 16.9. The fraction of sp³-hybridized carbons (Fsp3) is 0.350. The van der Waals surface area contributed by atoms with Gasteiger partial charge >= 0.3 is 6.03 Å². The summed E-state index contributed by atoms with van der Waals surface area (Å²) in [6, 6.07) is 16.2. The molecule has 4 nitrogen and oxygen atoms in total. The topological polar surface area (TPSA) is 50.4 Å². The standard InChI is InChI=1S/C20H24N2O2/c1-14-7-3-4-8-16(14)11-15(2)22-20(23)21-12-17-13-24-19-10-6-5-9-18(17)19/h3-10,15,17H,11-13H2,1-2H3,(H2,21,22,23). The molecule has 0 spiro atoms. The fourth-order valence-electron chi connectivity index (χ4n) is 3.11. The molecule has 3 rings (SSSR count). The monoisotopic (exact) mass is 324 g/mol. The van der Waals surface area contributed by atoms with Gasteiger partial charge in [0, 0.05) is 24.1 Å². The summed E-state index contributed by atoms with van der Waals surface area (Å²) in [5.74, 6) is 1.15. The quantitative estimate of drug-likeness (QED) is 0.885. The van der Waals surface area contributed by atoms with Gasteiger partial charge in [-0.1, -0.05) is 42.5 Å². The zero-order valence-electron chi connectivity index (χ0n) is 14.2. The zero-order valence-corrected chi connectivity index (χ0v) is 14.2. The maximum atomic E-state index is 12.1. The molecule has 1 heterocycles. The number of rotatable bonds is 5. The maximum absolute atomic E-state index is 12.1. The minimum atomic E-state index is -0.125. The van der Waals surface area contributed by atoms with E-state index in [1.54, 1.807) is 0 Å². The van der Waals surface area contributed by atoms with E-state index in [1.165, 1.54) is 16.7 Å². The average molecular weight is 324 g/mol. The van der Waals surface area contributed by atoms with E-state index in [0.29, 0.717) is 13.2 Å². The van der Waals surface area contributed by atoms with Crippen LogP contribution in [0.1, 0.15) is 29.5 Å². The summed E-state index contributed by atoms with van der Waals surface area (Å²) in [6.07, 6.45) is 0.829. The summed E-state index contributed by atoms with van der Waals surface area (Å²) in [5, 5.41) is 5.98. The van der Waals surface area contributed by atoms with Gasteiger partial charge in [-0.25, -0.2) is 4.79 Å². The molecule has 2 aromatic rings. The lowest BCUT2D eigenvalue weighted by Crippen LogP contribution is -2.43. The van der Waals surface area contributed by atoms with Gasteiger partial charge < -0.3 is 15.4 Å². The van der Waals surface area contributed by atoms with Crippen molar-refractivity contribution < 1.29 is 9.53 Å². The molecule has 2 aromatic carbocycles. The van der Waals surface area contributed by atoms with Crippen molar-refractivity contribution in [2.75, 3.05) is 13.2 Å². The Labute approximate surface area is 143 Å². The second-order valence-corrected chi connectivity index (χ2v) is 6.43. The SMILES string of the molecule is Cc1ccccc1CC(C)NC(=O)NCC1COc2ccccc21. The predicted molar refractivity (Wildman–Crippen MR) is 95.6 cm³/mol. The summed E-state index contributed by atoms with van der Waals surface area (Å²) in [4.78, 5) is 12.1. The highest BCUT2D eigenvalue weighted by Crippen LogP contribution is 2.32. The number of carbonyl (C=O) groups is 1. The van der Waals surface area contributed by atoms with E-state index in [9.17, 15) is 4.79 Å². The van der Waals surface area contributed by atoms with E-state index < -0.39 is 0 Å². The van der Waals surface area contributed by atoms with Crippen LogP contribution >= 0.6 is 0 Å².